The number of aromatic nitrogens is 2. The summed E-state index contributed by atoms with van der Waals surface area (Å²) in [5.41, 5.74) is 0.824. The Morgan fingerprint density at radius 3 is 2.65 bits per heavy atom. The smallest absolute Gasteiger partial charge is 0.265 e. The molecule has 2 aromatic carbocycles. The van der Waals surface area contributed by atoms with Crippen LogP contribution in [0.3, 0.4) is 0 Å². The summed E-state index contributed by atoms with van der Waals surface area (Å²) in [6, 6.07) is 8.82. The van der Waals surface area contributed by atoms with Gasteiger partial charge in [-0.05, 0) is 48.9 Å². The molecule has 23 heavy (non-hydrogen) atoms. The number of hydrogen-bond donors (Lipinski definition) is 0. The van der Waals surface area contributed by atoms with Crippen LogP contribution in [0.4, 0.5) is 8.78 Å². The largest absolute Gasteiger partial charge is 0.271 e. The number of halogens is 3. The fourth-order valence-electron chi connectivity index (χ4n) is 2.23. The van der Waals surface area contributed by atoms with Crippen LogP contribution in [0.15, 0.2) is 45.7 Å². The monoisotopic (exact) mass is 376 g/mol. The number of aryl methyl sites for hydroxylation is 1. The fraction of sp³-hybridized carbons (Fsp3) is 0.0588. The van der Waals surface area contributed by atoms with Gasteiger partial charge in [-0.1, -0.05) is 22.0 Å². The van der Waals surface area contributed by atoms with Crippen molar-refractivity contribution in [1.82, 2.24) is 9.55 Å². The van der Waals surface area contributed by atoms with E-state index in [1.807, 2.05) is 6.07 Å². The van der Waals surface area contributed by atoms with Gasteiger partial charge in [0.05, 0.1) is 10.9 Å². The zero-order valence-corrected chi connectivity index (χ0v) is 13.6. The van der Waals surface area contributed by atoms with Crippen LogP contribution in [0.2, 0.25) is 0 Å². The Labute approximate surface area is 139 Å². The fourth-order valence-corrected chi connectivity index (χ4v) is 2.60. The Morgan fingerprint density at radius 1 is 1.13 bits per heavy atom. The summed E-state index contributed by atoms with van der Waals surface area (Å²) in [5, 5.41) is 0.472. The van der Waals surface area contributed by atoms with Gasteiger partial charge in [0, 0.05) is 10.7 Å². The van der Waals surface area contributed by atoms with E-state index in [9.17, 15) is 13.6 Å². The van der Waals surface area contributed by atoms with Crippen molar-refractivity contribution in [3.8, 4) is 0 Å². The predicted molar refractivity (Wildman–Crippen MR) is 90.0 cm³/mol. The Hall–Kier alpha value is -2.34. The minimum Gasteiger partial charge on any atom is -0.271 e. The van der Waals surface area contributed by atoms with Crippen molar-refractivity contribution < 1.29 is 8.78 Å². The maximum absolute atomic E-state index is 13.2. The highest BCUT2D eigenvalue weighted by atomic mass is 79.9. The molecule has 0 aliphatic heterocycles. The Kier molecular flexibility index (Phi) is 4.09. The van der Waals surface area contributed by atoms with Gasteiger partial charge in [0.25, 0.3) is 5.56 Å². The lowest BCUT2D eigenvalue weighted by atomic mass is 10.2. The van der Waals surface area contributed by atoms with Crippen LogP contribution in [0.25, 0.3) is 23.2 Å². The molecule has 0 aliphatic carbocycles. The lowest BCUT2D eigenvalue weighted by molar-refractivity contribution is 0.508. The number of rotatable bonds is 2. The molecule has 0 unspecified atom stereocenters. The maximum atomic E-state index is 13.2. The van der Waals surface area contributed by atoms with Gasteiger partial charge in [-0.3, -0.25) is 9.36 Å². The molecule has 0 atom stereocenters. The normalized spacial score (nSPS) is 11.5. The van der Waals surface area contributed by atoms with Crippen molar-refractivity contribution in [2.45, 2.75) is 6.92 Å². The Morgan fingerprint density at radius 2 is 1.91 bits per heavy atom. The van der Waals surface area contributed by atoms with Crippen LogP contribution in [0.1, 0.15) is 11.4 Å². The highest BCUT2D eigenvalue weighted by molar-refractivity contribution is 9.10. The summed E-state index contributed by atoms with van der Waals surface area (Å²) in [5.74, 6) is -1.34. The summed E-state index contributed by atoms with van der Waals surface area (Å²) in [6.07, 6.45) is 3.03. The van der Waals surface area contributed by atoms with Gasteiger partial charge in [-0.15, -0.1) is 0 Å². The summed E-state index contributed by atoms with van der Waals surface area (Å²) in [4.78, 5) is 16.9. The van der Waals surface area contributed by atoms with Crippen LogP contribution in [-0.2, 0) is 0 Å². The van der Waals surface area contributed by atoms with E-state index in [2.05, 4.69) is 20.9 Å². The molecule has 1 aromatic heterocycles. The first-order chi connectivity index (χ1) is 11.0. The lowest BCUT2D eigenvalue weighted by Crippen LogP contribution is -2.19. The molecule has 6 heteroatoms. The zero-order valence-electron chi connectivity index (χ0n) is 12.1. The summed E-state index contributed by atoms with van der Waals surface area (Å²) >= 11 is 3.33. The third kappa shape index (κ3) is 3.07. The molecule has 3 nitrogen and oxygen atoms in total. The maximum Gasteiger partial charge on any atom is 0.265 e. The van der Waals surface area contributed by atoms with Gasteiger partial charge < -0.3 is 0 Å². The molecule has 0 N–H and O–H groups in total. The molecule has 0 saturated carbocycles. The first-order valence-corrected chi connectivity index (χ1v) is 7.56. The van der Waals surface area contributed by atoms with Crippen LogP contribution in [0.5, 0.6) is 0 Å². The Balaban J connectivity index is 2.10. The van der Waals surface area contributed by atoms with Crippen molar-refractivity contribution in [3.63, 3.8) is 0 Å². The molecule has 0 amide bonds. The van der Waals surface area contributed by atoms with Crippen molar-refractivity contribution in [2.75, 3.05) is 0 Å². The molecule has 0 fully saturated rings. The van der Waals surface area contributed by atoms with Gasteiger partial charge in [-0.2, -0.15) is 0 Å². The predicted octanol–water partition coefficient (Wildman–Crippen LogP) is 4.37. The molecule has 0 saturated heterocycles. The van der Waals surface area contributed by atoms with Crippen LogP contribution < -0.4 is 5.56 Å². The summed E-state index contributed by atoms with van der Waals surface area (Å²) in [7, 11) is 0. The van der Waals surface area contributed by atoms with E-state index in [4.69, 9.17) is 0 Å². The molecule has 0 radical (unpaired) electrons. The number of nitrogens with zero attached hydrogens (tertiary/aromatic N) is 2. The van der Waals surface area contributed by atoms with Crippen molar-refractivity contribution in [1.29, 1.82) is 0 Å². The van der Waals surface area contributed by atoms with Gasteiger partial charge >= 0.3 is 0 Å². The minimum atomic E-state index is -0.934. The van der Waals surface area contributed by atoms with Crippen LogP contribution >= 0.6 is 15.9 Å². The second kappa shape index (κ2) is 6.04. The topological polar surface area (TPSA) is 34.9 Å². The van der Waals surface area contributed by atoms with Crippen molar-refractivity contribution in [3.05, 3.63) is 74.2 Å². The molecule has 0 bridgehead atoms. The van der Waals surface area contributed by atoms with E-state index in [-0.39, 0.29) is 5.56 Å². The summed E-state index contributed by atoms with van der Waals surface area (Å²) < 4.78 is 28.3. The van der Waals surface area contributed by atoms with Gasteiger partial charge in [-0.25, -0.2) is 13.8 Å². The first-order valence-electron chi connectivity index (χ1n) is 6.77. The average molecular weight is 377 g/mol. The SMILES string of the molecule is Cc1nc2ccc(Br)cc2c(=O)n1/C=C/c1ccc(F)c(F)c1. The molecule has 0 spiro atoms. The molecular formula is C17H11BrF2N2O. The van der Waals surface area contributed by atoms with E-state index in [0.29, 0.717) is 22.3 Å². The van der Waals surface area contributed by atoms with Crippen LogP contribution in [-0.4, -0.2) is 9.55 Å². The standard InChI is InChI=1S/C17H11BrF2N2O/c1-10-21-16-5-3-12(18)9-13(16)17(23)22(10)7-6-11-2-4-14(19)15(20)8-11/h2-9H,1H3/b7-6+. The van der Waals surface area contributed by atoms with Gasteiger partial charge in [0.1, 0.15) is 5.82 Å². The number of benzene rings is 2. The van der Waals surface area contributed by atoms with Crippen molar-refractivity contribution in [2.24, 2.45) is 0 Å². The second-order valence-electron chi connectivity index (χ2n) is 4.98. The summed E-state index contributed by atoms with van der Waals surface area (Å²) in [6.45, 7) is 1.71. The zero-order chi connectivity index (χ0) is 16.6. The van der Waals surface area contributed by atoms with E-state index in [1.54, 1.807) is 19.1 Å². The van der Waals surface area contributed by atoms with Gasteiger partial charge in [0.2, 0.25) is 0 Å². The lowest BCUT2D eigenvalue weighted by Gasteiger charge is -2.06. The minimum absolute atomic E-state index is 0.229. The molecule has 3 aromatic rings. The third-order valence-electron chi connectivity index (χ3n) is 3.40. The second-order valence-corrected chi connectivity index (χ2v) is 5.90. The van der Waals surface area contributed by atoms with E-state index >= 15 is 0 Å². The average Bonchev–Trinajstić information content (AvgIpc) is 2.51. The Bertz CT molecular complexity index is 996. The first kappa shape index (κ1) is 15.6. The van der Waals surface area contributed by atoms with Crippen molar-refractivity contribution >= 4 is 39.1 Å². The molecule has 3 rings (SSSR count). The van der Waals surface area contributed by atoms with E-state index in [1.165, 1.54) is 22.9 Å². The molecule has 116 valence electrons. The number of hydrogen-bond acceptors (Lipinski definition) is 2. The van der Waals surface area contributed by atoms with Crippen LogP contribution in [0, 0.1) is 18.6 Å². The number of fused-ring (bicyclic) bond motifs is 1. The molecule has 0 aliphatic rings. The molecule has 1 heterocycles. The molecular weight excluding hydrogens is 366 g/mol. The highest BCUT2D eigenvalue weighted by Crippen LogP contribution is 2.16. The quantitative estimate of drug-likeness (QED) is 0.665. The third-order valence-corrected chi connectivity index (χ3v) is 3.89. The van der Waals surface area contributed by atoms with E-state index < -0.39 is 11.6 Å². The van der Waals surface area contributed by atoms with Gasteiger partial charge in [0.15, 0.2) is 11.6 Å². The highest BCUT2D eigenvalue weighted by Gasteiger charge is 2.07. The van der Waals surface area contributed by atoms with E-state index in [0.717, 1.165) is 16.6 Å².